The molecule has 0 saturated carbocycles. The maximum Gasteiger partial charge on any atom is 0.164 e. The first-order valence-electron chi connectivity index (χ1n) is 18.0. The molecule has 5 nitrogen and oxygen atoms in total. The van der Waals surface area contributed by atoms with Gasteiger partial charge < -0.3 is 8.83 Å². The number of aromatic nitrogens is 3. The number of hydrogen-bond donors (Lipinski definition) is 0. The largest absolute Gasteiger partial charge is 0.456 e. The van der Waals surface area contributed by atoms with E-state index in [1.165, 1.54) is 21.9 Å². The molecular formula is C49H29N3O2. The summed E-state index contributed by atoms with van der Waals surface area (Å²) in [5.74, 6) is 1.75. The second kappa shape index (κ2) is 12.1. The fourth-order valence-electron chi connectivity index (χ4n) is 7.81. The van der Waals surface area contributed by atoms with Crippen LogP contribution in [0.25, 0.3) is 111 Å². The van der Waals surface area contributed by atoms with E-state index in [1.807, 2.05) is 72.8 Å². The van der Waals surface area contributed by atoms with Crippen LogP contribution in [0.1, 0.15) is 0 Å². The maximum absolute atomic E-state index is 6.56. The number of rotatable bonds is 5. The average Bonchev–Trinajstić information content (AvgIpc) is 3.82. The van der Waals surface area contributed by atoms with Crippen LogP contribution in [0.2, 0.25) is 0 Å². The minimum Gasteiger partial charge on any atom is -0.456 e. The van der Waals surface area contributed by atoms with Crippen LogP contribution >= 0.6 is 0 Å². The van der Waals surface area contributed by atoms with Crippen molar-refractivity contribution in [3.05, 3.63) is 176 Å². The Morgan fingerprint density at radius 1 is 0.296 bits per heavy atom. The number of furan rings is 2. The van der Waals surface area contributed by atoms with Crippen molar-refractivity contribution in [1.29, 1.82) is 0 Å². The molecule has 8 aromatic carbocycles. The number of benzene rings is 8. The zero-order valence-electron chi connectivity index (χ0n) is 28.9. The molecule has 0 atom stereocenters. The van der Waals surface area contributed by atoms with Gasteiger partial charge in [0.05, 0.1) is 0 Å². The Kier molecular flexibility index (Phi) is 6.79. The first kappa shape index (κ1) is 30.3. The lowest BCUT2D eigenvalue weighted by Crippen LogP contribution is -2.00. The molecule has 0 saturated heterocycles. The summed E-state index contributed by atoms with van der Waals surface area (Å²) in [6.45, 7) is 0. The van der Waals surface area contributed by atoms with Gasteiger partial charge in [0.1, 0.15) is 22.3 Å². The maximum atomic E-state index is 6.56. The zero-order chi connectivity index (χ0) is 35.6. The van der Waals surface area contributed by atoms with E-state index in [1.54, 1.807) is 0 Å². The molecule has 0 aliphatic rings. The van der Waals surface area contributed by atoms with Gasteiger partial charge >= 0.3 is 0 Å². The van der Waals surface area contributed by atoms with Gasteiger partial charge in [-0.2, -0.15) is 0 Å². The summed E-state index contributed by atoms with van der Waals surface area (Å²) in [4.78, 5) is 15.3. The predicted molar refractivity (Wildman–Crippen MR) is 219 cm³/mol. The molecule has 0 aliphatic heterocycles. The molecule has 3 aromatic heterocycles. The molecule has 54 heavy (non-hydrogen) atoms. The normalized spacial score (nSPS) is 11.7. The molecule has 0 fully saturated rings. The van der Waals surface area contributed by atoms with Gasteiger partial charge in [-0.05, 0) is 63.4 Å². The van der Waals surface area contributed by atoms with Crippen molar-refractivity contribution in [2.45, 2.75) is 0 Å². The Balaban J connectivity index is 1.05. The number of nitrogens with zero attached hydrogens (tertiary/aromatic N) is 3. The smallest absolute Gasteiger partial charge is 0.164 e. The van der Waals surface area contributed by atoms with Crippen molar-refractivity contribution < 1.29 is 8.83 Å². The SMILES string of the molecule is c1ccc(-c2nc(-c3cccc4oc5ccccc5c34)nc(-c3cccc4oc5cc(-c6ccc(-c7cccc8ccccc78)cc6)ccc5c34)n2)cc1. The Labute approximate surface area is 309 Å². The molecule has 3 heterocycles. The highest BCUT2D eigenvalue weighted by atomic mass is 16.3. The van der Waals surface area contributed by atoms with Crippen LogP contribution in [-0.2, 0) is 0 Å². The van der Waals surface area contributed by atoms with Gasteiger partial charge in [-0.1, -0.05) is 146 Å². The van der Waals surface area contributed by atoms with Gasteiger partial charge in [0, 0.05) is 38.2 Å². The van der Waals surface area contributed by atoms with E-state index in [9.17, 15) is 0 Å². The van der Waals surface area contributed by atoms with Crippen LogP contribution in [0.4, 0.5) is 0 Å². The molecule has 0 spiro atoms. The van der Waals surface area contributed by atoms with E-state index in [-0.39, 0.29) is 0 Å². The lowest BCUT2D eigenvalue weighted by Gasteiger charge is -2.10. The molecule has 0 radical (unpaired) electrons. The second-order valence-corrected chi connectivity index (χ2v) is 13.5. The highest BCUT2D eigenvalue weighted by Gasteiger charge is 2.20. The minimum atomic E-state index is 0.574. The van der Waals surface area contributed by atoms with Crippen LogP contribution in [0, 0.1) is 0 Å². The summed E-state index contributed by atoms with van der Waals surface area (Å²) in [7, 11) is 0. The molecule has 0 N–H and O–H groups in total. The lowest BCUT2D eigenvalue weighted by molar-refractivity contribution is 0.668. The fraction of sp³-hybridized carbons (Fsp3) is 0. The van der Waals surface area contributed by atoms with Gasteiger partial charge in [0.25, 0.3) is 0 Å². The van der Waals surface area contributed by atoms with E-state index in [0.717, 1.165) is 71.7 Å². The third kappa shape index (κ3) is 4.90. The van der Waals surface area contributed by atoms with Crippen LogP contribution in [0.5, 0.6) is 0 Å². The quantitative estimate of drug-likeness (QED) is 0.180. The van der Waals surface area contributed by atoms with Gasteiger partial charge in [0.2, 0.25) is 0 Å². The molecule has 252 valence electrons. The average molecular weight is 692 g/mol. The van der Waals surface area contributed by atoms with E-state index in [0.29, 0.717) is 17.5 Å². The molecular weight excluding hydrogens is 663 g/mol. The summed E-state index contributed by atoms with van der Waals surface area (Å²) in [5.41, 5.74) is 10.5. The minimum absolute atomic E-state index is 0.574. The van der Waals surface area contributed by atoms with Crippen LogP contribution in [0.15, 0.2) is 185 Å². The topological polar surface area (TPSA) is 65.0 Å². The summed E-state index contributed by atoms with van der Waals surface area (Å²) < 4.78 is 12.8. The Hall–Kier alpha value is -7.37. The number of hydrogen-bond acceptors (Lipinski definition) is 5. The predicted octanol–water partition coefficient (Wildman–Crippen LogP) is 13.2. The number of fused-ring (bicyclic) bond motifs is 7. The Bertz CT molecular complexity index is 3210. The number of para-hydroxylation sites is 1. The molecule has 0 aliphatic carbocycles. The van der Waals surface area contributed by atoms with Crippen molar-refractivity contribution in [2.75, 3.05) is 0 Å². The van der Waals surface area contributed by atoms with Crippen molar-refractivity contribution in [3.63, 3.8) is 0 Å². The zero-order valence-corrected chi connectivity index (χ0v) is 28.9. The molecule has 0 amide bonds. The second-order valence-electron chi connectivity index (χ2n) is 13.5. The molecule has 5 heteroatoms. The van der Waals surface area contributed by atoms with Gasteiger partial charge in [0.15, 0.2) is 17.5 Å². The van der Waals surface area contributed by atoms with Crippen LogP contribution < -0.4 is 0 Å². The van der Waals surface area contributed by atoms with Crippen molar-refractivity contribution in [2.24, 2.45) is 0 Å². The first-order chi connectivity index (χ1) is 26.7. The summed E-state index contributed by atoms with van der Waals surface area (Å²) in [5, 5.41) is 6.46. The summed E-state index contributed by atoms with van der Waals surface area (Å²) in [6.07, 6.45) is 0. The summed E-state index contributed by atoms with van der Waals surface area (Å²) >= 11 is 0. The van der Waals surface area contributed by atoms with Crippen molar-refractivity contribution >= 4 is 54.6 Å². The molecule has 11 aromatic rings. The van der Waals surface area contributed by atoms with Crippen LogP contribution in [0.3, 0.4) is 0 Å². The standard InChI is InChI=1S/C49H29N3O2/c1-2-12-33(13-3-1)47-50-48(39-18-9-21-42-45(39)37-16-6-7-20-41(37)53-42)52-49(51-47)40-19-10-22-43-46(40)38-28-27-34(29-44(38)54-43)30-23-25-32(26-24-30)36-17-8-14-31-11-4-5-15-35(31)36/h1-29H. The Morgan fingerprint density at radius 2 is 0.815 bits per heavy atom. The molecule has 0 unspecified atom stereocenters. The van der Waals surface area contributed by atoms with E-state index in [4.69, 9.17) is 23.8 Å². The van der Waals surface area contributed by atoms with Gasteiger partial charge in [-0.3, -0.25) is 0 Å². The van der Waals surface area contributed by atoms with Gasteiger partial charge in [-0.15, -0.1) is 0 Å². The van der Waals surface area contributed by atoms with E-state index < -0.39 is 0 Å². The van der Waals surface area contributed by atoms with Crippen molar-refractivity contribution in [1.82, 2.24) is 15.0 Å². The van der Waals surface area contributed by atoms with Crippen LogP contribution in [-0.4, -0.2) is 15.0 Å². The third-order valence-corrected chi connectivity index (χ3v) is 10.4. The first-order valence-corrected chi connectivity index (χ1v) is 18.0. The molecule has 0 bridgehead atoms. The van der Waals surface area contributed by atoms with Crippen molar-refractivity contribution in [3.8, 4) is 56.4 Å². The van der Waals surface area contributed by atoms with Gasteiger partial charge in [-0.25, -0.2) is 15.0 Å². The Morgan fingerprint density at radius 3 is 1.57 bits per heavy atom. The third-order valence-electron chi connectivity index (χ3n) is 10.4. The lowest BCUT2D eigenvalue weighted by atomic mass is 9.96. The monoisotopic (exact) mass is 691 g/mol. The molecule has 11 rings (SSSR count). The van der Waals surface area contributed by atoms with E-state index >= 15 is 0 Å². The summed E-state index contributed by atoms with van der Waals surface area (Å²) in [6, 6.07) is 60.5. The van der Waals surface area contributed by atoms with E-state index in [2.05, 4.69) is 103 Å². The highest BCUT2D eigenvalue weighted by molar-refractivity contribution is 6.14. The fourth-order valence-corrected chi connectivity index (χ4v) is 7.81. The highest BCUT2D eigenvalue weighted by Crippen LogP contribution is 2.40.